The number of fused-ring (bicyclic) bond motifs is 1. The maximum absolute atomic E-state index is 13.1. The molecule has 0 unspecified atom stereocenters. The van der Waals surface area contributed by atoms with Gasteiger partial charge in [0.1, 0.15) is 0 Å². The van der Waals surface area contributed by atoms with Crippen molar-refractivity contribution in [3.8, 4) is 0 Å². The van der Waals surface area contributed by atoms with Gasteiger partial charge in [-0.05, 0) is 49.3 Å². The fourth-order valence-corrected chi connectivity index (χ4v) is 5.08. The molecule has 36 heavy (non-hydrogen) atoms. The summed E-state index contributed by atoms with van der Waals surface area (Å²) in [5.41, 5.74) is 0.827. The molecule has 1 amide bonds. The quantitative estimate of drug-likeness (QED) is 0.551. The Labute approximate surface area is 212 Å². The molecule has 196 valence electrons. The molecule has 2 aliphatic rings. The van der Waals surface area contributed by atoms with Gasteiger partial charge in [0.2, 0.25) is 0 Å². The number of hydrogen-bond acceptors (Lipinski definition) is 5. The number of nitrogens with zero attached hydrogens (tertiary/aromatic N) is 2. The van der Waals surface area contributed by atoms with E-state index in [0.29, 0.717) is 44.7 Å². The highest BCUT2D eigenvalue weighted by molar-refractivity contribution is 6.31. The molecule has 1 aromatic heterocycles. The van der Waals surface area contributed by atoms with Crippen molar-refractivity contribution in [1.82, 2.24) is 15.1 Å². The molecule has 4 rings (SSSR count). The van der Waals surface area contributed by atoms with Crippen LogP contribution in [0, 0.1) is 11.3 Å². The minimum absolute atomic E-state index is 0.0338. The van der Waals surface area contributed by atoms with Gasteiger partial charge in [-0.3, -0.25) is 9.48 Å². The first-order chi connectivity index (χ1) is 17.0. The number of rotatable bonds is 6. The predicted molar refractivity (Wildman–Crippen MR) is 126 cm³/mol. The molecule has 2 aromatic rings. The molecule has 0 radical (unpaired) electrons. The highest BCUT2D eigenvalue weighted by Gasteiger charge is 2.40. The van der Waals surface area contributed by atoms with Gasteiger partial charge in [0.15, 0.2) is 0 Å². The molecule has 1 saturated heterocycles. The second-order valence-electron chi connectivity index (χ2n) is 9.71. The molecule has 0 aliphatic carbocycles. The first kappa shape index (κ1) is 26.5. The van der Waals surface area contributed by atoms with Crippen molar-refractivity contribution >= 4 is 23.5 Å². The van der Waals surface area contributed by atoms with Gasteiger partial charge in [0.05, 0.1) is 34.7 Å². The van der Waals surface area contributed by atoms with Crippen LogP contribution in [0.5, 0.6) is 0 Å². The summed E-state index contributed by atoms with van der Waals surface area (Å²) in [5, 5.41) is 7.57. The Morgan fingerprint density at radius 1 is 1.31 bits per heavy atom. The van der Waals surface area contributed by atoms with Crippen molar-refractivity contribution in [3.05, 3.63) is 51.3 Å². The van der Waals surface area contributed by atoms with Crippen LogP contribution in [0.2, 0.25) is 5.02 Å². The third-order valence-electron chi connectivity index (χ3n) is 6.86. The van der Waals surface area contributed by atoms with Crippen LogP contribution >= 0.6 is 11.6 Å². The van der Waals surface area contributed by atoms with Crippen LogP contribution in [-0.2, 0) is 35.0 Å². The van der Waals surface area contributed by atoms with Crippen molar-refractivity contribution in [1.29, 1.82) is 0 Å². The summed E-state index contributed by atoms with van der Waals surface area (Å²) >= 11 is 5.78. The predicted octanol–water partition coefficient (Wildman–Crippen LogP) is 4.69. The van der Waals surface area contributed by atoms with E-state index < -0.39 is 17.7 Å². The fourth-order valence-electron chi connectivity index (χ4n) is 4.84. The number of halogens is 4. The van der Waals surface area contributed by atoms with E-state index in [9.17, 15) is 22.8 Å². The summed E-state index contributed by atoms with van der Waals surface area (Å²) in [6.45, 7) is 6.03. The average molecular weight is 528 g/mol. The van der Waals surface area contributed by atoms with Crippen molar-refractivity contribution in [2.45, 2.75) is 52.3 Å². The lowest BCUT2D eigenvalue weighted by molar-refractivity contribution is -0.137. The third-order valence-corrected chi connectivity index (χ3v) is 7.07. The Morgan fingerprint density at radius 3 is 2.69 bits per heavy atom. The molecule has 1 fully saturated rings. The Bertz CT molecular complexity index is 1140. The number of alkyl halides is 3. The molecule has 1 N–H and O–H groups in total. The van der Waals surface area contributed by atoms with Crippen LogP contribution < -0.4 is 5.32 Å². The number of aryl methyl sites for hydroxylation is 1. The SMILES string of the molecule is CCc1nn(C[C@@H](C)COC(=O)c2cc(Cl)cc(C(F)(F)F)c2)c2c1C(=O)NCC1(CCOCC1)C2. The standard InChI is InChI=1S/C25H29ClF3N3O4/c1-3-19-21-20(11-24(14-30-22(21)33)4-6-35-7-5-24)32(31-19)12-15(2)13-36-23(34)16-8-17(25(27,28)29)10-18(26)9-16/h8-10,15H,3-7,11-14H2,1-2H3,(H,30,33)/t15-/m1/s1. The van der Waals surface area contributed by atoms with Crippen molar-refractivity contribution < 1.29 is 32.2 Å². The summed E-state index contributed by atoms with van der Waals surface area (Å²) in [5.74, 6) is -1.22. The highest BCUT2D eigenvalue weighted by Crippen LogP contribution is 2.37. The molecule has 3 heterocycles. The molecule has 7 nitrogen and oxygen atoms in total. The van der Waals surface area contributed by atoms with Crippen LogP contribution in [0.3, 0.4) is 0 Å². The largest absolute Gasteiger partial charge is 0.462 e. The molecule has 1 aromatic carbocycles. The Kier molecular flexibility index (Phi) is 7.66. The highest BCUT2D eigenvalue weighted by atomic mass is 35.5. The van der Waals surface area contributed by atoms with E-state index in [2.05, 4.69) is 5.32 Å². The number of carbonyl (C=O) groups excluding carboxylic acids is 2. The summed E-state index contributed by atoms with van der Waals surface area (Å²) in [7, 11) is 0. The first-order valence-electron chi connectivity index (χ1n) is 12.0. The summed E-state index contributed by atoms with van der Waals surface area (Å²) in [4.78, 5) is 25.4. The first-order valence-corrected chi connectivity index (χ1v) is 12.4. The number of amides is 1. The lowest BCUT2D eigenvalue weighted by atomic mass is 9.76. The second kappa shape index (κ2) is 10.4. The van der Waals surface area contributed by atoms with E-state index in [-0.39, 0.29) is 34.4 Å². The molecule has 2 aliphatic heterocycles. The minimum Gasteiger partial charge on any atom is -0.462 e. The van der Waals surface area contributed by atoms with Gasteiger partial charge in [-0.15, -0.1) is 0 Å². The normalized spacial score (nSPS) is 18.3. The van der Waals surface area contributed by atoms with E-state index in [0.717, 1.165) is 42.4 Å². The van der Waals surface area contributed by atoms with Gasteiger partial charge in [-0.1, -0.05) is 25.4 Å². The molecule has 0 saturated carbocycles. The topological polar surface area (TPSA) is 82.5 Å². The van der Waals surface area contributed by atoms with Crippen LogP contribution in [0.4, 0.5) is 13.2 Å². The number of aromatic nitrogens is 2. The number of nitrogens with one attached hydrogen (secondary N) is 1. The van der Waals surface area contributed by atoms with E-state index in [1.807, 2.05) is 18.5 Å². The maximum atomic E-state index is 13.1. The smallest absolute Gasteiger partial charge is 0.416 e. The zero-order valence-electron chi connectivity index (χ0n) is 20.2. The minimum atomic E-state index is -4.63. The third kappa shape index (κ3) is 5.70. The molecule has 11 heteroatoms. The average Bonchev–Trinajstić information content (AvgIpc) is 3.10. The van der Waals surface area contributed by atoms with E-state index in [4.69, 9.17) is 26.2 Å². The molecule has 1 spiro atoms. The van der Waals surface area contributed by atoms with Gasteiger partial charge in [0, 0.05) is 37.2 Å². The number of ether oxygens (including phenoxy) is 2. The Hall–Kier alpha value is -2.59. The zero-order valence-corrected chi connectivity index (χ0v) is 21.0. The van der Waals surface area contributed by atoms with Crippen LogP contribution in [0.1, 0.15) is 64.4 Å². The van der Waals surface area contributed by atoms with Gasteiger partial charge < -0.3 is 14.8 Å². The monoisotopic (exact) mass is 527 g/mol. The lowest BCUT2D eigenvalue weighted by Gasteiger charge is -2.36. The van der Waals surface area contributed by atoms with Crippen molar-refractivity contribution in [2.24, 2.45) is 11.3 Å². The van der Waals surface area contributed by atoms with Gasteiger partial charge in [-0.2, -0.15) is 18.3 Å². The van der Waals surface area contributed by atoms with Gasteiger partial charge in [0.25, 0.3) is 5.91 Å². The number of benzene rings is 1. The van der Waals surface area contributed by atoms with E-state index >= 15 is 0 Å². The summed E-state index contributed by atoms with van der Waals surface area (Å²) in [6.07, 6.45) is -1.67. The van der Waals surface area contributed by atoms with Crippen LogP contribution in [0.25, 0.3) is 0 Å². The van der Waals surface area contributed by atoms with Crippen LogP contribution in [0.15, 0.2) is 18.2 Å². The molecular weight excluding hydrogens is 499 g/mol. The number of esters is 1. The number of hydrogen-bond donors (Lipinski definition) is 1. The van der Waals surface area contributed by atoms with Crippen molar-refractivity contribution in [2.75, 3.05) is 26.4 Å². The summed E-state index contributed by atoms with van der Waals surface area (Å²) < 4.78 is 51.9. The number of carbonyl (C=O) groups is 2. The Morgan fingerprint density at radius 2 is 2.03 bits per heavy atom. The second-order valence-corrected chi connectivity index (χ2v) is 10.1. The van der Waals surface area contributed by atoms with Gasteiger partial charge >= 0.3 is 12.1 Å². The molecule has 0 bridgehead atoms. The van der Waals surface area contributed by atoms with E-state index in [1.165, 1.54) is 0 Å². The van der Waals surface area contributed by atoms with Crippen LogP contribution in [-0.4, -0.2) is 48.0 Å². The Balaban J connectivity index is 1.49. The van der Waals surface area contributed by atoms with Crippen molar-refractivity contribution in [3.63, 3.8) is 0 Å². The zero-order chi connectivity index (χ0) is 26.1. The molecule has 1 atom stereocenters. The molecular formula is C25H29ClF3N3O4. The lowest BCUT2D eigenvalue weighted by Crippen LogP contribution is -2.41. The fraction of sp³-hybridized carbons (Fsp3) is 0.560. The van der Waals surface area contributed by atoms with Gasteiger partial charge in [-0.25, -0.2) is 4.79 Å². The van der Waals surface area contributed by atoms with E-state index in [1.54, 1.807) is 0 Å². The maximum Gasteiger partial charge on any atom is 0.416 e. The summed E-state index contributed by atoms with van der Waals surface area (Å²) in [6, 6.07) is 2.64.